The Bertz CT molecular complexity index is 431. The van der Waals surface area contributed by atoms with Crippen molar-refractivity contribution in [2.75, 3.05) is 0 Å². The van der Waals surface area contributed by atoms with E-state index in [1.54, 1.807) is 0 Å². The minimum absolute atomic E-state index is 0.225. The normalized spacial score (nSPS) is 17.9. The Morgan fingerprint density at radius 3 is 2.47 bits per heavy atom. The van der Waals surface area contributed by atoms with Crippen LogP contribution in [-0.4, -0.2) is 11.1 Å². The maximum Gasteiger partial charge on any atom is 0.331 e. The second-order valence-electron chi connectivity index (χ2n) is 4.65. The van der Waals surface area contributed by atoms with Crippen LogP contribution in [0, 0.1) is 0 Å². The van der Waals surface area contributed by atoms with Crippen LogP contribution in [0.2, 0.25) is 0 Å². The Morgan fingerprint density at radius 1 is 1.18 bits per heavy atom. The predicted molar refractivity (Wildman–Crippen MR) is 68.0 cm³/mol. The third-order valence-corrected chi connectivity index (χ3v) is 3.59. The van der Waals surface area contributed by atoms with Crippen molar-refractivity contribution in [1.82, 2.24) is 0 Å². The summed E-state index contributed by atoms with van der Waals surface area (Å²) in [5.41, 5.74) is 2.98. The van der Waals surface area contributed by atoms with Crippen LogP contribution in [0.4, 0.5) is 0 Å². The zero-order chi connectivity index (χ0) is 12.3. The molecule has 90 valence electrons. The van der Waals surface area contributed by atoms with E-state index in [1.165, 1.54) is 5.56 Å². The standard InChI is InChI=1S/C15H18O2/c1-11(12-7-3-2-4-8-12)13-9-5-6-10-14(13)15(16)17/h2-4,7-8,11H,5-6,9-10H2,1H3,(H,16,17). The summed E-state index contributed by atoms with van der Waals surface area (Å²) in [6.07, 6.45) is 3.77. The Labute approximate surface area is 102 Å². The maximum absolute atomic E-state index is 11.2. The van der Waals surface area contributed by atoms with Gasteiger partial charge in [-0.15, -0.1) is 0 Å². The molecule has 1 aromatic carbocycles. The first-order valence-electron chi connectivity index (χ1n) is 6.20. The quantitative estimate of drug-likeness (QED) is 0.858. The molecule has 2 rings (SSSR count). The van der Waals surface area contributed by atoms with Crippen molar-refractivity contribution in [1.29, 1.82) is 0 Å². The number of hydrogen-bond acceptors (Lipinski definition) is 1. The molecule has 17 heavy (non-hydrogen) atoms. The van der Waals surface area contributed by atoms with Gasteiger partial charge in [0.25, 0.3) is 0 Å². The Kier molecular flexibility index (Phi) is 3.62. The molecule has 1 N–H and O–H groups in total. The summed E-state index contributed by atoms with van der Waals surface area (Å²) < 4.78 is 0. The van der Waals surface area contributed by atoms with E-state index >= 15 is 0 Å². The van der Waals surface area contributed by atoms with Crippen LogP contribution < -0.4 is 0 Å². The van der Waals surface area contributed by atoms with E-state index < -0.39 is 5.97 Å². The highest BCUT2D eigenvalue weighted by atomic mass is 16.4. The molecule has 1 unspecified atom stereocenters. The van der Waals surface area contributed by atoms with Gasteiger partial charge in [-0.1, -0.05) is 42.8 Å². The minimum Gasteiger partial charge on any atom is -0.478 e. The lowest BCUT2D eigenvalue weighted by molar-refractivity contribution is -0.133. The molecule has 0 saturated heterocycles. The molecule has 0 aliphatic heterocycles. The van der Waals surface area contributed by atoms with Crippen molar-refractivity contribution < 1.29 is 9.90 Å². The third-order valence-electron chi connectivity index (χ3n) is 3.59. The van der Waals surface area contributed by atoms with Crippen LogP contribution in [0.3, 0.4) is 0 Å². The van der Waals surface area contributed by atoms with Gasteiger partial charge < -0.3 is 5.11 Å². The Balaban J connectivity index is 2.34. The molecule has 0 radical (unpaired) electrons. The maximum atomic E-state index is 11.2. The van der Waals surface area contributed by atoms with Gasteiger partial charge >= 0.3 is 5.97 Å². The van der Waals surface area contributed by atoms with Gasteiger partial charge in [-0.25, -0.2) is 4.79 Å². The molecule has 0 heterocycles. The van der Waals surface area contributed by atoms with E-state index in [-0.39, 0.29) is 5.92 Å². The molecular formula is C15H18O2. The van der Waals surface area contributed by atoms with Crippen molar-refractivity contribution in [3.05, 3.63) is 47.0 Å². The van der Waals surface area contributed by atoms with E-state index in [1.807, 2.05) is 18.2 Å². The first-order chi connectivity index (χ1) is 8.20. The van der Waals surface area contributed by atoms with Gasteiger partial charge in [0.15, 0.2) is 0 Å². The molecule has 0 amide bonds. The fourth-order valence-corrected chi connectivity index (χ4v) is 2.59. The van der Waals surface area contributed by atoms with E-state index in [0.717, 1.165) is 31.3 Å². The first-order valence-corrected chi connectivity index (χ1v) is 6.20. The molecule has 1 aliphatic carbocycles. The van der Waals surface area contributed by atoms with Crippen LogP contribution in [0.25, 0.3) is 0 Å². The van der Waals surface area contributed by atoms with Gasteiger partial charge in [-0.2, -0.15) is 0 Å². The van der Waals surface area contributed by atoms with Gasteiger partial charge in [0, 0.05) is 11.5 Å². The number of aliphatic carboxylic acids is 1. The summed E-state index contributed by atoms with van der Waals surface area (Å²) in [5.74, 6) is -0.509. The van der Waals surface area contributed by atoms with Crippen LogP contribution in [-0.2, 0) is 4.79 Å². The zero-order valence-electron chi connectivity index (χ0n) is 10.1. The largest absolute Gasteiger partial charge is 0.478 e. The van der Waals surface area contributed by atoms with Crippen molar-refractivity contribution >= 4 is 5.97 Å². The van der Waals surface area contributed by atoms with Crippen molar-refractivity contribution in [2.24, 2.45) is 0 Å². The predicted octanol–water partition coefficient (Wildman–Crippen LogP) is 3.75. The van der Waals surface area contributed by atoms with Gasteiger partial charge in [0.1, 0.15) is 0 Å². The van der Waals surface area contributed by atoms with E-state index in [2.05, 4.69) is 19.1 Å². The smallest absolute Gasteiger partial charge is 0.331 e. The molecule has 2 nitrogen and oxygen atoms in total. The lowest BCUT2D eigenvalue weighted by Crippen LogP contribution is -2.13. The van der Waals surface area contributed by atoms with Gasteiger partial charge in [0.2, 0.25) is 0 Å². The number of rotatable bonds is 3. The second-order valence-corrected chi connectivity index (χ2v) is 4.65. The lowest BCUT2D eigenvalue weighted by Gasteiger charge is -2.23. The van der Waals surface area contributed by atoms with Crippen molar-refractivity contribution in [3.63, 3.8) is 0 Å². The number of allylic oxidation sites excluding steroid dienone is 1. The Hall–Kier alpha value is -1.57. The van der Waals surface area contributed by atoms with Crippen LogP contribution in [0.5, 0.6) is 0 Å². The third kappa shape index (κ3) is 2.57. The summed E-state index contributed by atoms with van der Waals surface area (Å²) in [6.45, 7) is 2.11. The number of carboxylic acids is 1. The average molecular weight is 230 g/mol. The molecular weight excluding hydrogens is 212 g/mol. The molecule has 0 bridgehead atoms. The SMILES string of the molecule is CC(C1=C(C(=O)O)CCCC1)c1ccccc1. The molecule has 0 spiro atoms. The summed E-state index contributed by atoms with van der Waals surface area (Å²) in [4.78, 5) is 11.2. The highest BCUT2D eigenvalue weighted by Crippen LogP contribution is 2.35. The number of carbonyl (C=O) groups is 1. The summed E-state index contributed by atoms with van der Waals surface area (Å²) in [5, 5.41) is 9.25. The summed E-state index contributed by atoms with van der Waals surface area (Å²) in [7, 11) is 0. The molecule has 0 saturated carbocycles. The molecule has 1 aromatic rings. The molecule has 1 aliphatic rings. The minimum atomic E-state index is -0.734. The number of carboxylic acid groups (broad SMARTS) is 1. The van der Waals surface area contributed by atoms with Gasteiger partial charge in [0.05, 0.1) is 0 Å². The highest BCUT2D eigenvalue weighted by molar-refractivity contribution is 5.88. The van der Waals surface area contributed by atoms with Crippen LogP contribution in [0.15, 0.2) is 41.5 Å². The van der Waals surface area contributed by atoms with Crippen molar-refractivity contribution in [2.45, 2.75) is 38.5 Å². The fourth-order valence-electron chi connectivity index (χ4n) is 2.59. The zero-order valence-corrected chi connectivity index (χ0v) is 10.1. The van der Waals surface area contributed by atoms with Crippen molar-refractivity contribution in [3.8, 4) is 0 Å². The topological polar surface area (TPSA) is 37.3 Å². The number of benzene rings is 1. The lowest BCUT2D eigenvalue weighted by atomic mass is 9.81. The van der Waals surface area contributed by atoms with Gasteiger partial charge in [-0.05, 0) is 31.2 Å². The Morgan fingerprint density at radius 2 is 1.82 bits per heavy atom. The van der Waals surface area contributed by atoms with E-state index in [4.69, 9.17) is 0 Å². The second kappa shape index (κ2) is 5.17. The highest BCUT2D eigenvalue weighted by Gasteiger charge is 2.22. The molecule has 0 aromatic heterocycles. The van der Waals surface area contributed by atoms with E-state index in [9.17, 15) is 9.90 Å². The van der Waals surface area contributed by atoms with Crippen LogP contribution in [0.1, 0.15) is 44.1 Å². The fraction of sp³-hybridized carbons (Fsp3) is 0.400. The van der Waals surface area contributed by atoms with Crippen LogP contribution >= 0.6 is 0 Å². The first kappa shape index (κ1) is 11.9. The molecule has 0 fully saturated rings. The summed E-state index contributed by atoms with van der Waals surface area (Å²) >= 11 is 0. The average Bonchev–Trinajstić information content (AvgIpc) is 2.39. The summed E-state index contributed by atoms with van der Waals surface area (Å²) in [6, 6.07) is 10.2. The molecule has 2 heteroatoms. The monoisotopic (exact) mass is 230 g/mol. The number of hydrogen-bond donors (Lipinski definition) is 1. The van der Waals surface area contributed by atoms with Gasteiger partial charge in [-0.3, -0.25) is 0 Å². The van der Waals surface area contributed by atoms with E-state index in [0.29, 0.717) is 5.57 Å². The molecule has 1 atom stereocenters.